The van der Waals surface area contributed by atoms with E-state index >= 15 is 0 Å². The Bertz CT molecular complexity index is 661. The molecule has 0 heterocycles. The van der Waals surface area contributed by atoms with Crippen molar-refractivity contribution in [2.45, 2.75) is 6.92 Å². The average Bonchev–Trinajstić information content (AvgIpc) is 2.44. The molecule has 0 aliphatic carbocycles. The molecule has 0 saturated heterocycles. The number of carbonyl (C=O) groups excluding carboxylic acids is 1. The molecule has 2 rings (SSSR count). The molecular weight excluding hydrogens is 260 g/mol. The fourth-order valence-corrected chi connectivity index (χ4v) is 1.67. The van der Waals surface area contributed by atoms with Crippen LogP contribution in [0, 0.1) is 6.92 Å². The molecule has 0 amide bonds. The molecule has 0 atom stereocenters. The molecule has 0 unspecified atom stereocenters. The molecule has 2 N–H and O–H groups in total. The van der Waals surface area contributed by atoms with Gasteiger partial charge in [-0.05, 0) is 30.7 Å². The second-order valence-electron chi connectivity index (χ2n) is 4.17. The number of benzene rings is 2. The Labute approximate surface area is 115 Å². The van der Waals surface area contributed by atoms with E-state index in [1.807, 2.05) is 0 Å². The van der Waals surface area contributed by atoms with Crippen molar-refractivity contribution in [1.29, 1.82) is 0 Å². The van der Waals surface area contributed by atoms with Gasteiger partial charge in [0.2, 0.25) is 0 Å². The third kappa shape index (κ3) is 2.61. The van der Waals surface area contributed by atoms with Gasteiger partial charge in [-0.3, -0.25) is 0 Å². The number of aryl methyl sites for hydroxylation is 1. The Hall–Kier alpha value is -2.82. The van der Waals surface area contributed by atoms with Crippen LogP contribution in [0.4, 0.5) is 0 Å². The Morgan fingerprint density at radius 2 is 1.70 bits per heavy atom. The smallest absolute Gasteiger partial charge is 0.343 e. The molecule has 0 spiro atoms. The maximum absolute atomic E-state index is 11.9. The maximum Gasteiger partial charge on any atom is 0.343 e. The van der Waals surface area contributed by atoms with Gasteiger partial charge in [0.05, 0.1) is 5.56 Å². The van der Waals surface area contributed by atoms with E-state index in [2.05, 4.69) is 0 Å². The summed E-state index contributed by atoms with van der Waals surface area (Å²) in [6, 6.07) is 10.9. The number of rotatable bonds is 3. The zero-order chi connectivity index (χ0) is 14.7. The average molecular weight is 272 g/mol. The van der Waals surface area contributed by atoms with Gasteiger partial charge in [-0.2, -0.15) is 0 Å². The van der Waals surface area contributed by atoms with Crippen LogP contribution in [-0.4, -0.2) is 22.2 Å². The molecule has 0 fully saturated rings. The number of hydrogen-bond acceptors (Lipinski definition) is 4. The van der Waals surface area contributed by atoms with E-state index < -0.39 is 11.9 Å². The Morgan fingerprint density at radius 3 is 2.30 bits per heavy atom. The fraction of sp³-hybridized carbons (Fsp3) is 0.0667. The lowest BCUT2D eigenvalue weighted by Gasteiger charge is -2.11. The number of hydrogen-bond donors (Lipinski definition) is 2. The summed E-state index contributed by atoms with van der Waals surface area (Å²) in [6.07, 6.45) is 0. The van der Waals surface area contributed by atoms with Gasteiger partial charge in [0.1, 0.15) is 5.56 Å². The van der Waals surface area contributed by atoms with Crippen LogP contribution >= 0.6 is 0 Å². The van der Waals surface area contributed by atoms with Crippen molar-refractivity contribution in [3.05, 3.63) is 59.2 Å². The van der Waals surface area contributed by atoms with Gasteiger partial charge in [-0.1, -0.05) is 24.3 Å². The van der Waals surface area contributed by atoms with Crippen LogP contribution in [0.3, 0.4) is 0 Å². The summed E-state index contributed by atoms with van der Waals surface area (Å²) in [4.78, 5) is 23.0. The largest absolute Gasteiger partial charge is 0.504 e. The number of esters is 1. The Morgan fingerprint density at radius 1 is 1.05 bits per heavy atom. The minimum absolute atomic E-state index is 0.266. The second-order valence-corrected chi connectivity index (χ2v) is 4.17. The molecule has 5 heteroatoms. The number of carboxylic acids is 1. The van der Waals surface area contributed by atoms with E-state index in [0.29, 0.717) is 5.56 Å². The topological polar surface area (TPSA) is 83.8 Å². The molecule has 2 aromatic carbocycles. The quantitative estimate of drug-likeness (QED) is 0.662. The predicted molar refractivity (Wildman–Crippen MR) is 71.2 cm³/mol. The van der Waals surface area contributed by atoms with Crippen molar-refractivity contribution in [1.82, 2.24) is 0 Å². The molecule has 0 bridgehead atoms. The first-order valence-electron chi connectivity index (χ1n) is 5.84. The van der Waals surface area contributed by atoms with Gasteiger partial charge >= 0.3 is 11.9 Å². The summed E-state index contributed by atoms with van der Waals surface area (Å²) in [7, 11) is 0. The first-order valence-corrected chi connectivity index (χ1v) is 5.84. The number of carbonyl (C=O) groups is 2. The van der Waals surface area contributed by atoms with Gasteiger partial charge in [-0.15, -0.1) is 0 Å². The molecule has 2 aromatic rings. The summed E-state index contributed by atoms with van der Waals surface area (Å²) in [6.45, 7) is 1.58. The highest BCUT2D eigenvalue weighted by molar-refractivity contribution is 5.96. The van der Waals surface area contributed by atoms with E-state index in [1.165, 1.54) is 24.3 Å². The number of carboxylic acid groups (broad SMARTS) is 1. The van der Waals surface area contributed by atoms with E-state index in [9.17, 15) is 14.7 Å². The standard InChI is InChI=1S/C15H12O5/c1-9-7-8-11(14(17)18)13(12(9)16)20-15(19)10-5-3-2-4-6-10/h2-8,16H,1H3,(H,17,18). The van der Waals surface area contributed by atoms with Crippen molar-refractivity contribution in [3.8, 4) is 11.5 Å². The minimum Gasteiger partial charge on any atom is -0.504 e. The molecule has 0 aliphatic heterocycles. The highest BCUT2D eigenvalue weighted by Gasteiger charge is 2.20. The molecule has 0 aliphatic rings. The lowest BCUT2D eigenvalue weighted by atomic mass is 10.1. The van der Waals surface area contributed by atoms with E-state index in [1.54, 1.807) is 25.1 Å². The first kappa shape index (κ1) is 13.6. The molecular formula is C15H12O5. The Balaban J connectivity index is 2.41. The van der Waals surface area contributed by atoms with Crippen LogP contribution in [0.25, 0.3) is 0 Å². The van der Waals surface area contributed by atoms with Crippen LogP contribution in [0.15, 0.2) is 42.5 Å². The predicted octanol–water partition coefficient (Wildman–Crippen LogP) is 2.62. The second kappa shape index (κ2) is 5.44. The SMILES string of the molecule is Cc1ccc(C(=O)O)c(OC(=O)c2ccccc2)c1O. The lowest BCUT2D eigenvalue weighted by molar-refractivity contribution is 0.0678. The number of aromatic hydroxyl groups is 1. The van der Waals surface area contributed by atoms with Gasteiger partial charge in [0.25, 0.3) is 0 Å². The van der Waals surface area contributed by atoms with Crippen LogP contribution in [0.5, 0.6) is 11.5 Å². The summed E-state index contributed by atoms with van der Waals surface area (Å²) >= 11 is 0. The van der Waals surface area contributed by atoms with Gasteiger partial charge < -0.3 is 14.9 Å². The van der Waals surface area contributed by atoms with E-state index in [-0.39, 0.29) is 22.6 Å². The van der Waals surface area contributed by atoms with Crippen molar-refractivity contribution >= 4 is 11.9 Å². The fourth-order valence-electron chi connectivity index (χ4n) is 1.67. The number of phenolic OH excluding ortho intramolecular Hbond substituents is 1. The third-order valence-corrected chi connectivity index (χ3v) is 2.77. The monoisotopic (exact) mass is 272 g/mol. The zero-order valence-corrected chi connectivity index (χ0v) is 10.7. The molecule has 0 aromatic heterocycles. The summed E-state index contributed by atoms with van der Waals surface area (Å²) in [5.74, 6) is -2.70. The van der Waals surface area contributed by atoms with E-state index in [0.717, 1.165) is 0 Å². The normalized spacial score (nSPS) is 10.1. The highest BCUT2D eigenvalue weighted by atomic mass is 16.5. The van der Waals surface area contributed by atoms with E-state index in [4.69, 9.17) is 9.84 Å². The minimum atomic E-state index is -1.28. The molecule has 20 heavy (non-hydrogen) atoms. The maximum atomic E-state index is 11.9. The number of aromatic carboxylic acids is 1. The third-order valence-electron chi connectivity index (χ3n) is 2.77. The van der Waals surface area contributed by atoms with Gasteiger partial charge in [0, 0.05) is 0 Å². The lowest BCUT2D eigenvalue weighted by Crippen LogP contribution is -2.12. The number of phenols is 1. The van der Waals surface area contributed by atoms with Crippen molar-refractivity contribution < 1.29 is 24.5 Å². The summed E-state index contributed by atoms with van der Waals surface area (Å²) in [5, 5.41) is 18.9. The highest BCUT2D eigenvalue weighted by Crippen LogP contribution is 2.34. The van der Waals surface area contributed by atoms with Crippen LogP contribution in [0.2, 0.25) is 0 Å². The Kier molecular flexibility index (Phi) is 3.70. The van der Waals surface area contributed by atoms with Crippen molar-refractivity contribution in [3.63, 3.8) is 0 Å². The van der Waals surface area contributed by atoms with Crippen LogP contribution < -0.4 is 4.74 Å². The first-order chi connectivity index (χ1) is 9.50. The zero-order valence-electron chi connectivity index (χ0n) is 10.7. The van der Waals surface area contributed by atoms with Crippen LogP contribution in [-0.2, 0) is 0 Å². The number of ether oxygens (including phenoxy) is 1. The van der Waals surface area contributed by atoms with Crippen molar-refractivity contribution in [2.75, 3.05) is 0 Å². The molecule has 5 nitrogen and oxygen atoms in total. The van der Waals surface area contributed by atoms with Crippen LogP contribution in [0.1, 0.15) is 26.3 Å². The van der Waals surface area contributed by atoms with Gasteiger partial charge in [-0.25, -0.2) is 9.59 Å². The summed E-state index contributed by atoms with van der Waals surface area (Å²) < 4.78 is 5.03. The van der Waals surface area contributed by atoms with Gasteiger partial charge in [0.15, 0.2) is 11.5 Å². The molecule has 0 saturated carbocycles. The molecule has 0 radical (unpaired) electrons. The summed E-state index contributed by atoms with van der Waals surface area (Å²) in [5.41, 5.74) is 0.424. The van der Waals surface area contributed by atoms with Crippen molar-refractivity contribution in [2.24, 2.45) is 0 Å². The molecule has 102 valence electrons.